The van der Waals surface area contributed by atoms with Gasteiger partial charge in [-0.1, -0.05) is 23.8 Å². The average molecular weight is 503 g/mol. The molecular weight excluding hydrogens is 468 g/mol. The van der Waals surface area contributed by atoms with E-state index in [1.54, 1.807) is 4.68 Å². The van der Waals surface area contributed by atoms with Gasteiger partial charge in [0.2, 0.25) is 0 Å². The van der Waals surface area contributed by atoms with Crippen molar-refractivity contribution in [3.8, 4) is 23.1 Å². The third-order valence-electron chi connectivity index (χ3n) is 6.19. The van der Waals surface area contributed by atoms with Crippen molar-refractivity contribution in [1.82, 2.24) is 34.4 Å². The van der Waals surface area contributed by atoms with Crippen molar-refractivity contribution in [2.45, 2.75) is 19.9 Å². The van der Waals surface area contributed by atoms with Gasteiger partial charge in [0.15, 0.2) is 5.82 Å². The lowest BCUT2D eigenvalue weighted by molar-refractivity contribution is 0.122. The molecule has 10 nitrogen and oxygen atoms in total. The van der Waals surface area contributed by atoms with Crippen LogP contribution in [0.4, 0.5) is 5.82 Å². The summed E-state index contributed by atoms with van der Waals surface area (Å²) in [6.45, 7) is 6.13. The molecule has 1 saturated heterocycles. The third kappa shape index (κ3) is 6.15. The summed E-state index contributed by atoms with van der Waals surface area (Å²) in [5, 5.41) is 9.23. The number of morpholine rings is 1. The Morgan fingerprint density at radius 3 is 2.59 bits per heavy atom. The number of aryl methyl sites for hydroxylation is 2. The highest BCUT2D eigenvalue weighted by atomic mass is 16.5. The van der Waals surface area contributed by atoms with Crippen LogP contribution in [0.2, 0.25) is 0 Å². The number of anilines is 1. The van der Waals surface area contributed by atoms with Gasteiger partial charge in [0.05, 0.1) is 37.4 Å². The van der Waals surface area contributed by atoms with E-state index in [1.807, 2.05) is 30.2 Å². The largest absolute Gasteiger partial charge is 0.463 e. The highest BCUT2D eigenvalue weighted by molar-refractivity contribution is 5.61. The van der Waals surface area contributed by atoms with Crippen molar-refractivity contribution >= 4 is 5.82 Å². The molecule has 194 valence electrons. The van der Waals surface area contributed by atoms with Gasteiger partial charge in [-0.05, 0) is 38.7 Å². The molecule has 0 spiro atoms. The van der Waals surface area contributed by atoms with Crippen molar-refractivity contribution in [3.05, 3.63) is 65.6 Å². The van der Waals surface area contributed by atoms with Gasteiger partial charge in [-0.3, -0.25) is 4.68 Å². The fourth-order valence-corrected chi connectivity index (χ4v) is 4.39. The highest BCUT2D eigenvalue weighted by Gasteiger charge is 2.19. The number of rotatable bonds is 9. The second-order valence-corrected chi connectivity index (χ2v) is 9.63. The number of nitrogens with zero attached hydrogens (tertiary/aromatic N) is 8. The molecule has 0 aliphatic carbocycles. The van der Waals surface area contributed by atoms with Crippen LogP contribution >= 0.6 is 0 Å². The molecule has 1 aromatic carbocycles. The molecule has 0 saturated carbocycles. The maximum Gasteiger partial charge on any atom is 0.320 e. The molecule has 0 amide bonds. The first-order valence-electron chi connectivity index (χ1n) is 12.6. The van der Waals surface area contributed by atoms with Gasteiger partial charge >= 0.3 is 6.01 Å². The Hall–Kier alpha value is -3.76. The molecule has 37 heavy (non-hydrogen) atoms. The third-order valence-corrected chi connectivity index (χ3v) is 6.19. The van der Waals surface area contributed by atoms with Crippen LogP contribution in [0.15, 0.2) is 48.8 Å². The summed E-state index contributed by atoms with van der Waals surface area (Å²) < 4.78 is 15.3. The van der Waals surface area contributed by atoms with Gasteiger partial charge < -0.3 is 19.3 Å². The number of ether oxygens (including phenoxy) is 2. The van der Waals surface area contributed by atoms with Crippen molar-refractivity contribution < 1.29 is 9.47 Å². The van der Waals surface area contributed by atoms with Crippen LogP contribution in [0.5, 0.6) is 6.01 Å². The van der Waals surface area contributed by atoms with Crippen LogP contribution in [0.25, 0.3) is 17.1 Å². The summed E-state index contributed by atoms with van der Waals surface area (Å²) in [6, 6.07) is 12.9. The molecule has 1 fully saturated rings. The Morgan fingerprint density at radius 2 is 1.86 bits per heavy atom. The molecule has 4 heterocycles. The van der Waals surface area contributed by atoms with E-state index in [1.165, 1.54) is 5.56 Å². The number of benzene rings is 1. The quantitative estimate of drug-likeness (QED) is 0.345. The van der Waals surface area contributed by atoms with Crippen molar-refractivity contribution in [2.24, 2.45) is 7.05 Å². The summed E-state index contributed by atoms with van der Waals surface area (Å²) in [6.07, 6.45) is 4.56. The minimum absolute atomic E-state index is 0.339. The second-order valence-electron chi connectivity index (χ2n) is 9.63. The molecule has 1 aliphatic rings. The first kappa shape index (κ1) is 24.9. The van der Waals surface area contributed by atoms with E-state index >= 15 is 0 Å². The molecule has 0 unspecified atom stereocenters. The normalized spacial score (nSPS) is 13.9. The van der Waals surface area contributed by atoms with Gasteiger partial charge in [-0.2, -0.15) is 20.2 Å². The van der Waals surface area contributed by atoms with Gasteiger partial charge in [0.25, 0.3) is 0 Å². The molecule has 1 aliphatic heterocycles. The maximum atomic E-state index is 6.07. The maximum absolute atomic E-state index is 6.07. The zero-order valence-electron chi connectivity index (χ0n) is 22.0. The smallest absolute Gasteiger partial charge is 0.320 e. The Morgan fingerprint density at radius 1 is 1.05 bits per heavy atom. The molecule has 0 bridgehead atoms. The first-order chi connectivity index (χ1) is 17.9. The zero-order chi connectivity index (χ0) is 25.8. The Balaban J connectivity index is 1.50. The zero-order valence-corrected chi connectivity index (χ0v) is 22.0. The van der Waals surface area contributed by atoms with Crippen molar-refractivity contribution in [1.29, 1.82) is 0 Å². The number of aromatic nitrogens is 6. The van der Waals surface area contributed by atoms with Gasteiger partial charge in [-0.25, -0.2) is 4.68 Å². The van der Waals surface area contributed by atoms with Crippen LogP contribution in [0.3, 0.4) is 0 Å². The van der Waals surface area contributed by atoms with Gasteiger partial charge in [0, 0.05) is 50.9 Å². The molecule has 0 N–H and O–H groups in total. The summed E-state index contributed by atoms with van der Waals surface area (Å²) in [7, 11) is 6.01. The summed E-state index contributed by atoms with van der Waals surface area (Å²) in [4.78, 5) is 13.9. The molecular formula is C27H34N8O2. The van der Waals surface area contributed by atoms with Crippen LogP contribution < -0.4 is 9.64 Å². The van der Waals surface area contributed by atoms with E-state index in [2.05, 4.69) is 66.2 Å². The average Bonchev–Trinajstić information content (AvgIpc) is 3.50. The summed E-state index contributed by atoms with van der Waals surface area (Å²) in [5.74, 6) is 1.50. The highest BCUT2D eigenvalue weighted by Crippen LogP contribution is 2.26. The van der Waals surface area contributed by atoms with Gasteiger partial charge in [-0.15, -0.1) is 0 Å². The lowest BCUT2D eigenvalue weighted by atomic mass is 10.1. The minimum Gasteiger partial charge on any atom is -0.463 e. The SMILES string of the molecule is Cc1cccc(-c2cc(CN(C)C)n(-c3cc(N4CCOCC4)nc(OCCc4cnn(C)c4)n3)n2)c1. The van der Waals surface area contributed by atoms with Crippen LogP contribution in [0.1, 0.15) is 16.8 Å². The first-order valence-corrected chi connectivity index (χ1v) is 12.6. The lowest BCUT2D eigenvalue weighted by Crippen LogP contribution is -2.37. The fourth-order valence-electron chi connectivity index (χ4n) is 4.39. The topological polar surface area (TPSA) is 86.4 Å². The summed E-state index contributed by atoms with van der Waals surface area (Å²) >= 11 is 0. The predicted octanol–water partition coefficient (Wildman–Crippen LogP) is 2.89. The van der Waals surface area contributed by atoms with Gasteiger partial charge in [0.1, 0.15) is 5.82 Å². The fraction of sp³-hybridized carbons (Fsp3) is 0.407. The van der Waals surface area contributed by atoms with E-state index in [9.17, 15) is 0 Å². The molecule has 5 rings (SSSR count). The molecule has 10 heteroatoms. The van der Waals surface area contributed by atoms with Crippen LogP contribution in [-0.2, 0) is 24.8 Å². The van der Waals surface area contributed by atoms with E-state index in [-0.39, 0.29) is 0 Å². The van der Waals surface area contributed by atoms with E-state index in [0.717, 1.165) is 47.8 Å². The predicted molar refractivity (Wildman–Crippen MR) is 142 cm³/mol. The number of hydrogen-bond acceptors (Lipinski definition) is 8. The Bertz CT molecular complexity index is 1340. The standard InChI is InChI=1S/C27H34N8O2/c1-20-6-5-7-22(14-20)24-15-23(19-32(2)3)35(31-24)26-16-25(34-9-12-36-13-10-34)29-27(30-26)37-11-8-21-17-28-33(4)18-21/h5-7,14-18H,8-13,19H2,1-4H3. The minimum atomic E-state index is 0.339. The van der Waals surface area contributed by atoms with Crippen LogP contribution in [-0.4, -0.2) is 81.4 Å². The molecule has 0 atom stereocenters. The summed E-state index contributed by atoms with van der Waals surface area (Å²) in [5.41, 5.74) is 5.33. The lowest BCUT2D eigenvalue weighted by Gasteiger charge is -2.28. The second kappa shape index (κ2) is 11.1. The Labute approximate surface area is 217 Å². The van der Waals surface area contributed by atoms with E-state index in [0.29, 0.717) is 38.2 Å². The van der Waals surface area contributed by atoms with Crippen molar-refractivity contribution in [3.63, 3.8) is 0 Å². The monoisotopic (exact) mass is 502 g/mol. The van der Waals surface area contributed by atoms with E-state index in [4.69, 9.17) is 24.5 Å². The Kier molecular flexibility index (Phi) is 7.47. The van der Waals surface area contributed by atoms with Crippen molar-refractivity contribution in [2.75, 3.05) is 51.9 Å². The van der Waals surface area contributed by atoms with E-state index < -0.39 is 0 Å². The molecule has 0 radical (unpaired) electrons. The molecule has 3 aromatic heterocycles. The molecule has 4 aromatic rings. The number of hydrogen-bond donors (Lipinski definition) is 0. The van der Waals surface area contributed by atoms with Crippen LogP contribution in [0, 0.1) is 6.92 Å².